The van der Waals surface area contributed by atoms with Crippen LogP contribution >= 0.6 is 0 Å². The first-order valence-corrected chi connectivity index (χ1v) is 12.8. The van der Waals surface area contributed by atoms with Gasteiger partial charge in [0.1, 0.15) is 5.82 Å². The molecule has 0 radical (unpaired) electrons. The van der Waals surface area contributed by atoms with Crippen molar-refractivity contribution in [3.05, 3.63) is 83.7 Å². The van der Waals surface area contributed by atoms with Gasteiger partial charge in [-0.25, -0.2) is 9.18 Å². The number of carbonyl (C=O) groups excluding carboxylic acids is 2. The fourth-order valence-electron chi connectivity index (χ4n) is 5.37. The number of hydrogen-bond acceptors (Lipinski definition) is 4. The number of alkyl halides is 3. The number of carboxylic acids is 1. The zero-order valence-electron chi connectivity index (χ0n) is 21.5. The Labute approximate surface area is 228 Å². The van der Waals surface area contributed by atoms with Crippen LogP contribution in [0.25, 0.3) is 10.8 Å². The summed E-state index contributed by atoms with van der Waals surface area (Å²) in [6.45, 7) is 3.52. The van der Waals surface area contributed by atoms with Crippen LogP contribution in [0.3, 0.4) is 0 Å². The molecular formula is C29H29F4N3O4. The summed E-state index contributed by atoms with van der Waals surface area (Å²) in [7, 11) is 0. The van der Waals surface area contributed by atoms with Gasteiger partial charge < -0.3 is 20.6 Å². The lowest BCUT2D eigenvalue weighted by atomic mass is 9.68. The topological polar surface area (TPSA) is 98.7 Å². The molecule has 3 aromatic carbocycles. The lowest BCUT2D eigenvalue weighted by Gasteiger charge is -2.41. The standard InChI is InChI=1S/C27H28FN3O2.C2HF3O2/c28-23-9-7-20(8-10-23)24-18-30-26(33)27(24)11-14-31(15-12-27)16-13-29-25(32)22-6-5-19-3-1-2-4-21(19)17-22;3-2(4,5)1(6)7/h1-10,17,24H,11-16,18H2,(H,29,32)(H,30,33);(H,6,7)/t24-;/m0./s1. The molecule has 1 atom stereocenters. The molecule has 2 amide bonds. The highest BCUT2D eigenvalue weighted by atomic mass is 19.4. The highest BCUT2D eigenvalue weighted by Gasteiger charge is 2.51. The van der Waals surface area contributed by atoms with E-state index in [9.17, 15) is 27.2 Å². The summed E-state index contributed by atoms with van der Waals surface area (Å²) < 4.78 is 45.1. The molecule has 11 heteroatoms. The van der Waals surface area contributed by atoms with E-state index in [-0.39, 0.29) is 23.5 Å². The van der Waals surface area contributed by atoms with Crippen molar-refractivity contribution in [3.8, 4) is 0 Å². The smallest absolute Gasteiger partial charge is 0.475 e. The molecule has 40 heavy (non-hydrogen) atoms. The van der Waals surface area contributed by atoms with Gasteiger partial charge in [0.05, 0.1) is 5.41 Å². The third-order valence-corrected chi connectivity index (χ3v) is 7.57. The largest absolute Gasteiger partial charge is 0.490 e. The molecule has 0 saturated carbocycles. The van der Waals surface area contributed by atoms with E-state index >= 15 is 0 Å². The van der Waals surface area contributed by atoms with Gasteiger partial charge in [-0.05, 0) is 66.5 Å². The number of hydrogen-bond donors (Lipinski definition) is 3. The number of nitrogens with zero attached hydrogens (tertiary/aromatic N) is 1. The van der Waals surface area contributed by atoms with Gasteiger partial charge in [-0.15, -0.1) is 0 Å². The van der Waals surface area contributed by atoms with E-state index in [1.165, 1.54) is 12.1 Å². The Kier molecular flexibility index (Phi) is 8.73. The Hall–Kier alpha value is -3.99. The summed E-state index contributed by atoms with van der Waals surface area (Å²) in [5, 5.41) is 15.4. The molecule has 1 spiro atoms. The van der Waals surface area contributed by atoms with Crippen LogP contribution in [0.4, 0.5) is 17.6 Å². The van der Waals surface area contributed by atoms with Crippen LogP contribution in [0.2, 0.25) is 0 Å². The van der Waals surface area contributed by atoms with Gasteiger partial charge in [0.15, 0.2) is 0 Å². The molecule has 3 N–H and O–H groups in total. The molecule has 0 bridgehead atoms. The van der Waals surface area contributed by atoms with Gasteiger partial charge in [-0.1, -0.05) is 42.5 Å². The van der Waals surface area contributed by atoms with Gasteiger partial charge in [0, 0.05) is 31.1 Å². The van der Waals surface area contributed by atoms with Crippen LogP contribution in [-0.4, -0.2) is 66.7 Å². The van der Waals surface area contributed by atoms with Crippen molar-refractivity contribution in [1.29, 1.82) is 0 Å². The maximum absolute atomic E-state index is 13.4. The molecular weight excluding hydrogens is 530 g/mol. The number of amides is 2. The van der Waals surface area contributed by atoms with Crippen molar-refractivity contribution in [2.24, 2.45) is 5.41 Å². The average molecular weight is 560 g/mol. The molecule has 0 unspecified atom stereocenters. The van der Waals surface area contributed by atoms with Crippen molar-refractivity contribution >= 4 is 28.6 Å². The Bertz CT molecular complexity index is 1370. The van der Waals surface area contributed by atoms with Gasteiger partial charge >= 0.3 is 12.1 Å². The van der Waals surface area contributed by atoms with Crippen molar-refractivity contribution in [1.82, 2.24) is 15.5 Å². The quantitative estimate of drug-likeness (QED) is 0.404. The zero-order valence-corrected chi connectivity index (χ0v) is 21.5. The summed E-state index contributed by atoms with van der Waals surface area (Å²) in [5.41, 5.74) is 1.25. The second kappa shape index (κ2) is 12.0. The Morgan fingerprint density at radius 1 is 1.00 bits per heavy atom. The molecule has 212 valence electrons. The van der Waals surface area contributed by atoms with E-state index in [1.807, 2.05) is 42.5 Å². The molecule has 2 saturated heterocycles. The Morgan fingerprint density at radius 3 is 2.25 bits per heavy atom. The first-order chi connectivity index (χ1) is 19.0. The Balaban J connectivity index is 0.000000470. The van der Waals surface area contributed by atoms with Crippen LogP contribution in [0.5, 0.6) is 0 Å². The van der Waals surface area contributed by atoms with Crippen LogP contribution in [0, 0.1) is 11.2 Å². The summed E-state index contributed by atoms with van der Waals surface area (Å²) in [6.07, 6.45) is -3.56. The number of benzene rings is 3. The SMILES string of the molecule is O=C(NCCN1CCC2(CC1)C(=O)NC[C@H]2c1ccc(F)cc1)c1ccc2ccccc2c1.O=C(O)C(F)(F)F. The van der Waals surface area contributed by atoms with Gasteiger partial charge in [-0.3, -0.25) is 9.59 Å². The summed E-state index contributed by atoms with van der Waals surface area (Å²) in [6, 6.07) is 20.3. The van der Waals surface area contributed by atoms with Gasteiger partial charge in [0.25, 0.3) is 5.91 Å². The number of carbonyl (C=O) groups is 3. The fraction of sp³-hybridized carbons (Fsp3) is 0.345. The molecule has 0 aromatic heterocycles. The van der Waals surface area contributed by atoms with E-state index in [1.54, 1.807) is 12.1 Å². The lowest BCUT2D eigenvalue weighted by molar-refractivity contribution is -0.192. The van der Waals surface area contributed by atoms with E-state index in [4.69, 9.17) is 9.90 Å². The second-order valence-electron chi connectivity index (χ2n) is 9.93. The Morgan fingerprint density at radius 2 is 1.62 bits per heavy atom. The average Bonchev–Trinajstić information content (AvgIpc) is 3.24. The number of halogens is 4. The molecule has 2 aliphatic heterocycles. The third kappa shape index (κ3) is 6.59. The number of nitrogens with one attached hydrogen (secondary N) is 2. The van der Waals surface area contributed by atoms with Gasteiger partial charge in [0.2, 0.25) is 5.91 Å². The van der Waals surface area contributed by atoms with Crippen molar-refractivity contribution in [3.63, 3.8) is 0 Å². The lowest BCUT2D eigenvalue weighted by Crippen LogP contribution is -2.47. The number of likely N-dealkylation sites (tertiary alicyclic amines) is 1. The van der Waals surface area contributed by atoms with E-state index in [0.717, 1.165) is 48.8 Å². The van der Waals surface area contributed by atoms with E-state index in [2.05, 4.69) is 15.5 Å². The number of fused-ring (bicyclic) bond motifs is 1. The number of rotatable bonds is 5. The predicted octanol–water partition coefficient (Wildman–Crippen LogP) is 4.34. The minimum Gasteiger partial charge on any atom is -0.475 e. The summed E-state index contributed by atoms with van der Waals surface area (Å²) in [4.78, 5) is 36.6. The van der Waals surface area contributed by atoms with Crippen molar-refractivity contribution < 1.29 is 37.1 Å². The summed E-state index contributed by atoms with van der Waals surface area (Å²) in [5.74, 6) is -2.90. The number of piperidine rings is 1. The first-order valence-electron chi connectivity index (χ1n) is 12.8. The molecule has 5 rings (SSSR count). The highest BCUT2D eigenvalue weighted by Crippen LogP contribution is 2.47. The van der Waals surface area contributed by atoms with Crippen molar-refractivity contribution in [2.75, 3.05) is 32.7 Å². The predicted molar refractivity (Wildman–Crippen MR) is 140 cm³/mol. The maximum atomic E-state index is 13.4. The molecule has 3 aromatic rings. The zero-order chi connectivity index (χ0) is 28.9. The minimum atomic E-state index is -5.08. The highest BCUT2D eigenvalue weighted by molar-refractivity contribution is 5.98. The fourth-order valence-corrected chi connectivity index (χ4v) is 5.37. The van der Waals surface area contributed by atoms with Gasteiger partial charge in [-0.2, -0.15) is 13.2 Å². The number of aliphatic carboxylic acids is 1. The normalized spacial score (nSPS) is 18.6. The van der Waals surface area contributed by atoms with Crippen LogP contribution in [-0.2, 0) is 9.59 Å². The van der Waals surface area contributed by atoms with Crippen LogP contribution < -0.4 is 10.6 Å². The van der Waals surface area contributed by atoms with E-state index < -0.39 is 17.6 Å². The minimum absolute atomic E-state index is 0.0687. The number of carboxylic acid groups (broad SMARTS) is 1. The van der Waals surface area contributed by atoms with E-state index in [0.29, 0.717) is 18.7 Å². The monoisotopic (exact) mass is 559 g/mol. The second-order valence-corrected chi connectivity index (χ2v) is 9.93. The molecule has 2 fully saturated rings. The molecule has 7 nitrogen and oxygen atoms in total. The molecule has 2 heterocycles. The first kappa shape index (κ1) is 29.0. The molecule has 2 aliphatic rings. The van der Waals surface area contributed by atoms with Crippen LogP contribution in [0.15, 0.2) is 66.7 Å². The third-order valence-electron chi connectivity index (χ3n) is 7.57. The summed E-state index contributed by atoms with van der Waals surface area (Å²) >= 11 is 0. The molecule has 0 aliphatic carbocycles. The van der Waals surface area contributed by atoms with Crippen LogP contribution in [0.1, 0.15) is 34.7 Å². The maximum Gasteiger partial charge on any atom is 0.490 e. The van der Waals surface area contributed by atoms with Crippen molar-refractivity contribution in [2.45, 2.75) is 24.9 Å².